The fourth-order valence-electron chi connectivity index (χ4n) is 2.11. The van der Waals surface area contributed by atoms with Crippen LogP contribution in [0.2, 0.25) is 0 Å². The molecule has 0 saturated heterocycles. The van der Waals surface area contributed by atoms with E-state index in [-0.39, 0.29) is 24.3 Å². The van der Waals surface area contributed by atoms with Gasteiger partial charge in [-0.2, -0.15) is 0 Å². The van der Waals surface area contributed by atoms with Crippen molar-refractivity contribution >= 4 is 12.4 Å². The molecule has 0 aliphatic heterocycles. The van der Waals surface area contributed by atoms with E-state index in [0.717, 1.165) is 24.8 Å². The predicted octanol–water partition coefficient (Wildman–Crippen LogP) is 2.84. The summed E-state index contributed by atoms with van der Waals surface area (Å²) in [5.41, 5.74) is 6.63. The van der Waals surface area contributed by atoms with E-state index >= 15 is 0 Å². The molecule has 1 fully saturated rings. The van der Waals surface area contributed by atoms with Crippen molar-refractivity contribution in [3.8, 4) is 0 Å². The molecule has 2 rings (SSSR count). The summed E-state index contributed by atoms with van der Waals surface area (Å²) in [6.07, 6.45) is 2.99. The number of nitrogens with two attached hydrogens (primary N) is 1. The van der Waals surface area contributed by atoms with Crippen LogP contribution < -0.4 is 5.73 Å². The largest absolute Gasteiger partial charge is 0.328 e. The fraction of sp³-hybridized carbons (Fsp3) is 0.455. The third kappa shape index (κ3) is 2.25. The van der Waals surface area contributed by atoms with E-state index in [1.165, 1.54) is 6.07 Å². The highest BCUT2D eigenvalue weighted by Gasteiger charge is 2.24. The van der Waals surface area contributed by atoms with Crippen LogP contribution in [0, 0.1) is 5.82 Å². The summed E-state index contributed by atoms with van der Waals surface area (Å²) < 4.78 is 13.3. The van der Waals surface area contributed by atoms with Gasteiger partial charge in [0.05, 0.1) is 0 Å². The third-order valence-corrected chi connectivity index (χ3v) is 2.82. The first-order valence-electron chi connectivity index (χ1n) is 4.77. The smallest absolute Gasteiger partial charge is 0.126 e. The average Bonchev–Trinajstić information content (AvgIpc) is 2.53. The maximum Gasteiger partial charge on any atom is 0.126 e. The Kier molecular flexibility index (Phi) is 3.90. The Morgan fingerprint density at radius 2 is 1.93 bits per heavy atom. The SMILES string of the molecule is Cl.N[C@H]1CC[C@@H](c2ccccc2F)C1. The van der Waals surface area contributed by atoms with E-state index in [1.807, 2.05) is 12.1 Å². The number of hydrogen-bond donors (Lipinski definition) is 1. The summed E-state index contributed by atoms with van der Waals surface area (Å²) in [4.78, 5) is 0. The van der Waals surface area contributed by atoms with Gasteiger partial charge in [0.25, 0.3) is 0 Å². The molecule has 0 heterocycles. The molecule has 0 spiro atoms. The molecule has 78 valence electrons. The van der Waals surface area contributed by atoms with Crippen molar-refractivity contribution in [2.24, 2.45) is 5.73 Å². The standard InChI is InChI=1S/C11H14FN.ClH/c12-11-4-2-1-3-10(11)8-5-6-9(13)7-8;/h1-4,8-9H,5-7,13H2;1H/t8-,9+;/m1./s1. The molecule has 0 radical (unpaired) electrons. The zero-order valence-corrected chi connectivity index (χ0v) is 8.77. The highest BCUT2D eigenvalue weighted by atomic mass is 35.5. The van der Waals surface area contributed by atoms with Gasteiger partial charge in [-0.1, -0.05) is 18.2 Å². The summed E-state index contributed by atoms with van der Waals surface area (Å²) in [6, 6.07) is 7.29. The second-order valence-electron chi connectivity index (χ2n) is 3.79. The number of halogens is 2. The molecule has 2 atom stereocenters. The first-order chi connectivity index (χ1) is 6.27. The van der Waals surface area contributed by atoms with Gasteiger partial charge in [0.1, 0.15) is 5.82 Å². The van der Waals surface area contributed by atoms with E-state index in [4.69, 9.17) is 5.73 Å². The van der Waals surface area contributed by atoms with Gasteiger partial charge in [-0.25, -0.2) is 4.39 Å². The Bertz CT molecular complexity index is 303. The van der Waals surface area contributed by atoms with E-state index in [2.05, 4.69) is 0 Å². The normalized spacial score (nSPS) is 25.9. The van der Waals surface area contributed by atoms with Gasteiger partial charge in [0, 0.05) is 6.04 Å². The Morgan fingerprint density at radius 1 is 1.21 bits per heavy atom. The minimum Gasteiger partial charge on any atom is -0.328 e. The highest BCUT2D eigenvalue weighted by Crippen LogP contribution is 2.34. The fourth-order valence-corrected chi connectivity index (χ4v) is 2.11. The molecule has 2 N–H and O–H groups in total. The molecule has 0 aromatic heterocycles. The summed E-state index contributed by atoms with van der Waals surface area (Å²) in [5.74, 6) is 0.262. The zero-order chi connectivity index (χ0) is 9.26. The quantitative estimate of drug-likeness (QED) is 0.766. The Morgan fingerprint density at radius 3 is 2.50 bits per heavy atom. The number of rotatable bonds is 1. The number of benzene rings is 1. The van der Waals surface area contributed by atoms with Crippen LogP contribution in [0.4, 0.5) is 4.39 Å². The lowest BCUT2D eigenvalue weighted by Crippen LogP contribution is -2.14. The molecule has 1 saturated carbocycles. The van der Waals surface area contributed by atoms with Crippen LogP contribution in [0.1, 0.15) is 30.7 Å². The van der Waals surface area contributed by atoms with Gasteiger partial charge >= 0.3 is 0 Å². The zero-order valence-electron chi connectivity index (χ0n) is 7.95. The molecule has 1 aromatic rings. The second-order valence-corrected chi connectivity index (χ2v) is 3.79. The summed E-state index contributed by atoms with van der Waals surface area (Å²) in [7, 11) is 0. The second kappa shape index (κ2) is 4.76. The molecular weight excluding hydrogens is 201 g/mol. The molecule has 1 aromatic carbocycles. The van der Waals surface area contributed by atoms with Crippen molar-refractivity contribution in [1.82, 2.24) is 0 Å². The van der Waals surface area contributed by atoms with Crippen molar-refractivity contribution in [3.05, 3.63) is 35.6 Å². The van der Waals surface area contributed by atoms with Crippen LogP contribution >= 0.6 is 12.4 Å². The number of hydrogen-bond acceptors (Lipinski definition) is 1. The Labute approximate surface area is 89.9 Å². The topological polar surface area (TPSA) is 26.0 Å². The molecule has 0 unspecified atom stereocenters. The van der Waals surface area contributed by atoms with Gasteiger partial charge in [0.15, 0.2) is 0 Å². The van der Waals surface area contributed by atoms with Gasteiger partial charge in [-0.3, -0.25) is 0 Å². The van der Waals surface area contributed by atoms with Gasteiger partial charge in [-0.15, -0.1) is 12.4 Å². The van der Waals surface area contributed by atoms with Crippen LogP contribution in [0.5, 0.6) is 0 Å². The van der Waals surface area contributed by atoms with E-state index in [1.54, 1.807) is 6.07 Å². The molecule has 1 aliphatic carbocycles. The van der Waals surface area contributed by atoms with Crippen LogP contribution in [0.15, 0.2) is 24.3 Å². The Hall–Kier alpha value is -0.600. The van der Waals surface area contributed by atoms with Crippen LogP contribution in [0.3, 0.4) is 0 Å². The van der Waals surface area contributed by atoms with Crippen molar-refractivity contribution in [2.75, 3.05) is 0 Å². The lowest BCUT2D eigenvalue weighted by atomic mass is 9.97. The lowest BCUT2D eigenvalue weighted by Gasteiger charge is -2.10. The van der Waals surface area contributed by atoms with Crippen LogP contribution in [0.25, 0.3) is 0 Å². The van der Waals surface area contributed by atoms with Crippen molar-refractivity contribution in [3.63, 3.8) is 0 Å². The van der Waals surface area contributed by atoms with Gasteiger partial charge in [-0.05, 0) is 36.8 Å². The molecule has 0 bridgehead atoms. The maximum atomic E-state index is 13.3. The minimum atomic E-state index is -0.0819. The lowest BCUT2D eigenvalue weighted by molar-refractivity contribution is 0.576. The average molecular weight is 216 g/mol. The van der Waals surface area contributed by atoms with Crippen molar-refractivity contribution in [2.45, 2.75) is 31.2 Å². The van der Waals surface area contributed by atoms with Crippen LogP contribution in [-0.4, -0.2) is 6.04 Å². The molecule has 1 aliphatic rings. The molecule has 1 nitrogen and oxygen atoms in total. The predicted molar refractivity (Wildman–Crippen MR) is 58.2 cm³/mol. The Balaban J connectivity index is 0.000000980. The molecule has 0 amide bonds. The monoisotopic (exact) mass is 215 g/mol. The van der Waals surface area contributed by atoms with Crippen LogP contribution in [-0.2, 0) is 0 Å². The minimum absolute atomic E-state index is 0. The van der Waals surface area contributed by atoms with Gasteiger partial charge < -0.3 is 5.73 Å². The van der Waals surface area contributed by atoms with Crippen molar-refractivity contribution in [1.29, 1.82) is 0 Å². The van der Waals surface area contributed by atoms with Gasteiger partial charge in [0.2, 0.25) is 0 Å². The first kappa shape index (κ1) is 11.5. The molecular formula is C11H15ClFN. The van der Waals surface area contributed by atoms with E-state index in [0.29, 0.717) is 5.92 Å². The maximum absolute atomic E-state index is 13.3. The summed E-state index contributed by atoms with van der Waals surface area (Å²) in [6.45, 7) is 0. The molecule has 14 heavy (non-hydrogen) atoms. The van der Waals surface area contributed by atoms with E-state index in [9.17, 15) is 4.39 Å². The van der Waals surface area contributed by atoms with E-state index < -0.39 is 0 Å². The molecule has 3 heteroatoms. The van der Waals surface area contributed by atoms with Crippen molar-refractivity contribution < 1.29 is 4.39 Å². The first-order valence-corrected chi connectivity index (χ1v) is 4.77. The third-order valence-electron chi connectivity index (χ3n) is 2.82. The summed E-state index contributed by atoms with van der Waals surface area (Å²) in [5, 5.41) is 0. The highest BCUT2D eigenvalue weighted by molar-refractivity contribution is 5.85. The summed E-state index contributed by atoms with van der Waals surface area (Å²) >= 11 is 0.